The van der Waals surface area contributed by atoms with Gasteiger partial charge in [0.15, 0.2) is 0 Å². The summed E-state index contributed by atoms with van der Waals surface area (Å²) in [6.07, 6.45) is 0.510. The van der Waals surface area contributed by atoms with Crippen LogP contribution in [0.1, 0.15) is 18.5 Å². The first-order chi connectivity index (χ1) is 8.97. The fraction of sp³-hybridized carbons (Fsp3) is 0.231. The largest absolute Gasteiger partial charge is 0.385 e. The van der Waals surface area contributed by atoms with Gasteiger partial charge in [-0.1, -0.05) is 12.1 Å². The zero-order chi connectivity index (χ0) is 14.0. The number of aromatic amines is 1. The number of hydrogen-bond acceptors (Lipinski definition) is 3. The van der Waals surface area contributed by atoms with Crippen molar-refractivity contribution in [3.8, 4) is 0 Å². The summed E-state index contributed by atoms with van der Waals surface area (Å²) in [6, 6.07) is 6.96. The summed E-state index contributed by atoms with van der Waals surface area (Å²) in [5.41, 5.74) is 5.50. The average Bonchev–Trinajstić information content (AvgIpc) is 2.30. The quantitative estimate of drug-likeness (QED) is 0.868. The van der Waals surface area contributed by atoms with Gasteiger partial charge in [0, 0.05) is 12.1 Å². The Balaban J connectivity index is 2.30. The fourth-order valence-corrected chi connectivity index (χ4v) is 2.03. The topological polar surface area (TPSA) is 80.9 Å². The first kappa shape index (κ1) is 13.1. The minimum atomic E-state index is -0.542. The second kappa shape index (κ2) is 5.09. The third kappa shape index (κ3) is 2.90. The fourth-order valence-electron chi connectivity index (χ4n) is 2.03. The third-order valence-electron chi connectivity index (χ3n) is 2.89. The van der Waals surface area contributed by atoms with Gasteiger partial charge in [0.1, 0.15) is 11.6 Å². The summed E-state index contributed by atoms with van der Waals surface area (Å²) in [4.78, 5) is 25.0. The van der Waals surface area contributed by atoms with E-state index < -0.39 is 11.2 Å². The maximum atomic E-state index is 12.8. The molecule has 0 radical (unpaired) electrons. The van der Waals surface area contributed by atoms with E-state index in [1.165, 1.54) is 22.8 Å². The SMILES string of the molecule is CC(Cc1ccc(F)cc1)n1c(N)cc(=O)[nH]c1=O. The molecular formula is C13H14FN3O2. The van der Waals surface area contributed by atoms with Crippen molar-refractivity contribution in [3.63, 3.8) is 0 Å². The van der Waals surface area contributed by atoms with Gasteiger partial charge in [-0.15, -0.1) is 0 Å². The third-order valence-corrected chi connectivity index (χ3v) is 2.89. The molecule has 1 aromatic heterocycles. The molecule has 0 spiro atoms. The number of nitrogens with zero attached hydrogens (tertiary/aromatic N) is 1. The van der Waals surface area contributed by atoms with E-state index in [1.54, 1.807) is 19.1 Å². The number of aromatic nitrogens is 2. The molecule has 0 aliphatic carbocycles. The van der Waals surface area contributed by atoms with E-state index >= 15 is 0 Å². The van der Waals surface area contributed by atoms with Crippen LogP contribution in [0.15, 0.2) is 39.9 Å². The van der Waals surface area contributed by atoms with Gasteiger partial charge < -0.3 is 5.73 Å². The molecule has 1 aromatic carbocycles. The normalized spacial score (nSPS) is 12.3. The van der Waals surface area contributed by atoms with Crippen LogP contribution in [0.5, 0.6) is 0 Å². The summed E-state index contributed by atoms with van der Waals surface area (Å²) in [6.45, 7) is 1.80. The number of anilines is 1. The van der Waals surface area contributed by atoms with Crippen molar-refractivity contribution in [1.29, 1.82) is 0 Å². The van der Waals surface area contributed by atoms with Crippen LogP contribution in [0, 0.1) is 5.82 Å². The maximum Gasteiger partial charge on any atom is 0.330 e. The van der Waals surface area contributed by atoms with Crippen LogP contribution < -0.4 is 17.0 Å². The molecule has 1 atom stereocenters. The zero-order valence-corrected chi connectivity index (χ0v) is 10.4. The highest BCUT2D eigenvalue weighted by Crippen LogP contribution is 2.14. The van der Waals surface area contributed by atoms with Crippen LogP contribution in [0.3, 0.4) is 0 Å². The van der Waals surface area contributed by atoms with Gasteiger partial charge in [0.2, 0.25) is 0 Å². The average molecular weight is 263 g/mol. The Kier molecular flexibility index (Phi) is 3.50. The highest BCUT2D eigenvalue weighted by molar-refractivity contribution is 5.27. The molecule has 0 amide bonds. The van der Waals surface area contributed by atoms with Gasteiger partial charge in [-0.3, -0.25) is 14.3 Å². The monoisotopic (exact) mass is 263 g/mol. The number of benzene rings is 1. The molecule has 3 N–H and O–H groups in total. The molecule has 5 nitrogen and oxygen atoms in total. The number of nitrogens with two attached hydrogens (primary N) is 1. The Morgan fingerprint density at radius 1 is 1.32 bits per heavy atom. The van der Waals surface area contributed by atoms with Crippen molar-refractivity contribution in [2.45, 2.75) is 19.4 Å². The van der Waals surface area contributed by atoms with E-state index in [2.05, 4.69) is 4.98 Å². The molecule has 0 saturated heterocycles. The molecule has 1 unspecified atom stereocenters. The van der Waals surface area contributed by atoms with Crippen LogP contribution in [0.25, 0.3) is 0 Å². The van der Waals surface area contributed by atoms with Crippen molar-refractivity contribution >= 4 is 5.82 Å². The zero-order valence-electron chi connectivity index (χ0n) is 10.4. The van der Waals surface area contributed by atoms with E-state index in [-0.39, 0.29) is 17.7 Å². The molecule has 0 fully saturated rings. The summed E-state index contributed by atoms with van der Waals surface area (Å²) >= 11 is 0. The highest BCUT2D eigenvalue weighted by atomic mass is 19.1. The van der Waals surface area contributed by atoms with E-state index in [9.17, 15) is 14.0 Å². The Hall–Kier alpha value is -2.37. The van der Waals surface area contributed by atoms with Gasteiger partial charge in [-0.2, -0.15) is 0 Å². The standard InChI is InChI=1S/C13H14FN3O2/c1-8(6-9-2-4-10(14)5-3-9)17-11(15)7-12(18)16-13(17)19/h2-5,7-8H,6,15H2,1H3,(H,16,18,19). The molecule has 0 bridgehead atoms. The molecule has 0 aliphatic heterocycles. The van der Waals surface area contributed by atoms with Gasteiger partial charge in [0.05, 0.1) is 0 Å². The molecule has 0 aliphatic rings. The van der Waals surface area contributed by atoms with Crippen LogP contribution in [0.4, 0.5) is 10.2 Å². The second-order valence-electron chi connectivity index (χ2n) is 4.41. The summed E-state index contributed by atoms with van der Waals surface area (Å²) < 4.78 is 14.1. The summed E-state index contributed by atoms with van der Waals surface area (Å²) in [5.74, 6) is -0.194. The Morgan fingerprint density at radius 2 is 1.95 bits per heavy atom. The van der Waals surface area contributed by atoms with Gasteiger partial charge in [-0.05, 0) is 31.0 Å². The number of nitrogens with one attached hydrogen (secondary N) is 1. The van der Waals surface area contributed by atoms with Crippen molar-refractivity contribution in [1.82, 2.24) is 9.55 Å². The summed E-state index contributed by atoms with van der Waals surface area (Å²) in [7, 11) is 0. The molecule has 100 valence electrons. The number of rotatable bonds is 3. The van der Waals surface area contributed by atoms with Crippen molar-refractivity contribution < 1.29 is 4.39 Å². The Morgan fingerprint density at radius 3 is 2.53 bits per heavy atom. The predicted octanol–water partition coefficient (Wildman–Crippen LogP) is 1.06. The molecular weight excluding hydrogens is 249 g/mol. The number of H-pyrrole nitrogens is 1. The lowest BCUT2D eigenvalue weighted by atomic mass is 10.1. The Bertz CT molecular complexity index is 688. The predicted molar refractivity (Wildman–Crippen MR) is 70.6 cm³/mol. The molecule has 1 heterocycles. The smallest absolute Gasteiger partial charge is 0.330 e. The Labute approximate surface area is 108 Å². The van der Waals surface area contributed by atoms with E-state index in [4.69, 9.17) is 5.73 Å². The number of nitrogen functional groups attached to an aromatic ring is 1. The maximum absolute atomic E-state index is 12.8. The van der Waals surface area contributed by atoms with E-state index in [1.807, 2.05) is 0 Å². The van der Waals surface area contributed by atoms with Gasteiger partial charge in [-0.25, -0.2) is 9.18 Å². The lowest BCUT2D eigenvalue weighted by Crippen LogP contribution is -2.33. The van der Waals surface area contributed by atoms with Gasteiger partial charge >= 0.3 is 5.69 Å². The minimum Gasteiger partial charge on any atom is -0.385 e. The van der Waals surface area contributed by atoms with Crippen LogP contribution in [0.2, 0.25) is 0 Å². The van der Waals surface area contributed by atoms with E-state index in [0.29, 0.717) is 6.42 Å². The first-order valence-corrected chi connectivity index (χ1v) is 5.83. The lowest BCUT2D eigenvalue weighted by molar-refractivity contribution is 0.521. The van der Waals surface area contributed by atoms with Gasteiger partial charge in [0.25, 0.3) is 5.56 Å². The van der Waals surface area contributed by atoms with Crippen molar-refractivity contribution in [3.05, 3.63) is 62.6 Å². The van der Waals surface area contributed by atoms with E-state index in [0.717, 1.165) is 5.56 Å². The minimum absolute atomic E-state index is 0.114. The molecule has 2 rings (SSSR count). The highest BCUT2D eigenvalue weighted by Gasteiger charge is 2.11. The van der Waals surface area contributed by atoms with Crippen molar-refractivity contribution in [2.75, 3.05) is 5.73 Å². The molecule has 0 saturated carbocycles. The molecule has 2 aromatic rings. The van der Waals surface area contributed by atoms with Crippen LogP contribution in [-0.2, 0) is 6.42 Å². The lowest BCUT2D eigenvalue weighted by Gasteiger charge is -2.16. The first-order valence-electron chi connectivity index (χ1n) is 5.83. The number of hydrogen-bond donors (Lipinski definition) is 2. The second-order valence-corrected chi connectivity index (χ2v) is 4.41. The molecule has 6 heteroatoms. The summed E-state index contributed by atoms with van der Waals surface area (Å²) in [5, 5.41) is 0. The van der Waals surface area contributed by atoms with Crippen LogP contribution >= 0.6 is 0 Å². The van der Waals surface area contributed by atoms with Crippen LogP contribution in [-0.4, -0.2) is 9.55 Å². The van der Waals surface area contributed by atoms with Crippen molar-refractivity contribution in [2.24, 2.45) is 0 Å². The molecule has 19 heavy (non-hydrogen) atoms. The number of halogens is 1.